The molecular formula is C20H25N5O5. The molecule has 3 aromatic rings. The summed E-state index contributed by atoms with van der Waals surface area (Å²) in [7, 11) is 4.46. The third-order valence-corrected chi connectivity index (χ3v) is 4.86. The van der Waals surface area contributed by atoms with Crippen LogP contribution in [-0.2, 0) is 0 Å². The molecule has 0 bridgehead atoms. The molecule has 0 unspecified atom stereocenters. The van der Waals surface area contributed by atoms with Crippen molar-refractivity contribution in [2.24, 2.45) is 5.73 Å². The number of rotatable bonds is 8. The third-order valence-electron chi connectivity index (χ3n) is 4.86. The number of aromatic amines is 1. The van der Waals surface area contributed by atoms with Crippen molar-refractivity contribution in [1.82, 2.24) is 19.5 Å². The molecule has 3 N–H and O–H groups in total. The Hall–Kier alpha value is -3.56. The zero-order valence-electron chi connectivity index (χ0n) is 17.6. The lowest BCUT2D eigenvalue weighted by molar-refractivity contribution is 0.0996. The van der Waals surface area contributed by atoms with Gasteiger partial charge in [0.05, 0.1) is 27.0 Å². The van der Waals surface area contributed by atoms with Crippen molar-refractivity contribution in [3.8, 4) is 22.9 Å². The fourth-order valence-electron chi connectivity index (χ4n) is 3.40. The summed E-state index contributed by atoms with van der Waals surface area (Å²) >= 11 is 0. The molecule has 30 heavy (non-hydrogen) atoms. The number of nitrogens with two attached hydrogens (primary N) is 1. The van der Waals surface area contributed by atoms with Gasteiger partial charge >= 0.3 is 5.69 Å². The maximum Gasteiger partial charge on any atom is 0.332 e. The van der Waals surface area contributed by atoms with Crippen LogP contribution in [0.5, 0.6) is 17.2 Å². The number of methoxy groups -OCH3 is 3. The van der Waals surface area contributed by atoms with Crippen LogP contribution >= 0.6 is 0 Å². The van der Waals surface area contributed by atoms with E-state index in [1.165, 1.54) is 25.9 Å². The summed E-state index contributed by atoms with van der Waals surface area (Å²) in [6.45, 7) is 4.01. The first-order valence-electron chi connectivity index (χ1n) is 9.49. The smallest absolute Gasteiger partial charge is 0.332 e. The van der Waals surface area contributed by atoms with Gasteiger partial charge in [-0.05, 0) is 6.42 Å². The summed E-state index contributed by atoms with van der Waals surface area (Å²) in [5, 5.41) is 0. The van der Waals surface area contributed by atoms with Gasteiger partial charge in [0.15, 0.2) is 22.8 Å². The number of primary amides is 1. The van der Waals surface area contributed by atoms with Gasteiger partial charge in [0.25, 0.3) is 5.91 Å². The van der Waals surface area contributed by atoms with Crippen molar-refractivity contribution in [2.45, 2.75) is 32.6 Å². The summed E-state index contributed by atoms with van der Waals surface area (Å²) in [4.78, 5) is 36.4. The first kappa shape index (κ1) is 21.2. The predicted molar refractivity (Wildman–Crippen MR) is 111 cm³/mol. The Morgan fingerprint density at radius 3 is 2.30 bits per heavy atom. The van der Waals surface area contributed by atoms with E-state index in [4.69, 9.17) is 19.9 Å². The molecule has 1 atom stereocenters. The molecule has 0 fully saturated rings. The van der Waals surface area contributed by atoms with Gasteiger partial charge in [0.1, 0.15) is 11.3 Å². The van der Waals surface area contributed by atoms with Gasteiger partial charge in [-0.3, -0.25) is 4.79 Å². The van der Waals surface area contributed by atoms with Gasteiger partial charge in [0.2, 0.25) is 5.75 Å². The average molecular weight is 415 g/mol. The predicted octanol–water partition coefficient (Wildman–Crippen LogP) is 2.14. The molecule has 0 aliphatic heterocycles. The molecule has 3 rings (SSSR count). The fourth-order valence-corrected chi connectivity index (χ4v) is 3.40. The largest absolute Gasteiger partial charge is 0.493 e. The third kappa shape index (κ3) is 3.56. The van der Waals surface area contributed by atoms with Crippen molar-refractivity contribution in [1.29, 1.82) is 0 Å². The van der Waals surface area contributed by atoms with Crippen molar-refractivity contribution >= 4 is 17.1 Å². The van der Waals surface area contributed by atoms with Gasteiger partial charge in [-0.15, -0.1) is 0 Å². The molecule has 10 nitrogen and oxygen atoms in total. The summed E-state index contributed by atoms with van der Waals surface area (Å²) in [5.74, 6) is 0.815. The number of nitrogens with one attached hydrogen (secondary N) is 1. The molecule has 0 saturated carbocycles. The number of hydrogen-bond donors (Lipinski definition) is 2. The number of ether oxygens (including phenoxy) is 3. The molecule has 2 aromatic heterocycles. The van der Waals surface area contributed by atoms with E-state index in [1.807, 2.05) is 13.8 Å². The van der Waals surface area contributed by atoms with Crippen LogP contribution in [0.1, 0.15) is 48.9 Å². The topological polar surface area (TPSA) is 134 Å². The second-order valence-electron chi connectivity index (χ2n) is 6.83. The van der Waals surface area contributed by atoms with E-state index in [0.717, 1.165) is 12.8 Å². The Labute approximate surface area is 173 Å². The van der Waals surface area contributed by atoms with Gasteiger partial charge < -0.3 is 24.9 Å². The van der Waals surface area contributed by atoms with Crippen molar-refractivity contribution in [3.05, 3.63) is 34.1 Å². The Kier molecular flexibility index (Phi) is 5.95. The van der Waals surface area contributed by atoms with E-state index < -0.39 is 11.6 Å². The summed E-state index contributed by atoms with van der Waals surface area (Å²) < 4.78 is 17.4. The second-order valence-corrected chi connectivity index (χ2v) is 6.83. The monoisotopic (exact) mass is 415 g/mol. The van der Waals surface area contributed by atoms with E-state index in [9.17, 15) is 9.59 Å². The molecule has 0 aliphatic carbocycles. The van der Waals surface area contributed by atoms with E-state index in [1.54, 1.807) is 12.1 Å². The number of carbonyl (C=O) groups excluding carboxylic acids is 1. The number of aromatic nitrogens is 4. The highest BCUT2D eigenvalue weighted by Gasteiger charge is 2.23. The second kappa shape index (κ2) is 8.44. The molecule has 0 saturated heterocycles. The standard InChI is InChI=1S/C20H25N5O5/c1-6-7-10(2)18-22-14(17(21)26)15-19(24-18)25(20(27)23-15)11-8-12(28-3)16(30-5)13(9-11)29-4/h8-10H,6-7H2,1-5H3,(H2,21,26)(H,23,27)/t10-/m1/s1. The number of carbonyl (C=O) groups is 1. The quantitative estimate of drug-likeness (QED) is 0.575. The number of fused-ring (bicyclic) bond motifs is 1. The SMILES string of the molecule is CCC[C@@H](C)c1nc(C(N)=O)c2[nH]c(=O)n(-c3cc(OC)c(OC)c(OC)c3)c2n1. The average Bonchev–Trinajstić information content (AvgIpc) is 3.07. The molecule has 1 aromatic carbocycles. The zero-order valence-corrected chi connectivity index (χ0v) is 17.6. The Morgan fingerprint density at radius 2 is 1.80 bits per heavy atom. The highest BCUT2D eigenvalue weighted by molar-refractivity contribution is 6.01. The normalized spacial score (nSPS) is 12.0. The first-order chi connectivity index (χ1) is 14.4. The van der Waals surface area contributed by atoms with E-state index >= 15 is 0 Å². The van der Waals surface area contributed by atoms with Crippen LogP contribution in [0.15, 0.2) is 16.9 Å². The van der Waals surface area contributed by atoms with Crippen LogP contribution < -0.4 is 25.6 Å². The highest BCUT2D eigenvalue weighted by Crippen LogP contribution is 2.39. The van der Waals surface area contributed by atoms with Crippen LogP contribution in [0.25, 0.3) is 16.9 Å². The summed E-state index contributed by atoms with van der Waals surface area (Å²) in [5.41, 5.74) is 5.84. The number of amides is 1. The van der Waals surface area contributed by atoms with E-state index in [-0.39, 0.29) is 22.8 Å². The molecule has 0 aliphatic rings. The lowest BCUT2D eigenvalue weighted by Gasteiger charge is -2.15. The van der Waals surface area contributed by atoms with Crippen LogP contribution in [0.4, 0.5) is 0 Å². The van der Waals surface area contributed by atoms with Gasteiger partial charge in [-0.2, -0.15) is 0 Å². The van der Waals surface area contributed by atoms with Gasteiger partial charge in [-0.25, -0.2) is 19.3 Å². The van der Waals surface area contributed by atoms with Crippen molar-refractivity contribution in [2.75, 3.05) is 21.3 Å². The molecule has 2 heterocycles. The van der Waals surface area contributed by atoms with Crippen LogP contribution in [0.2, 0.25) is 0 Å². The van der Waals surface area contributed by atoms with Gasteiger partial charge in [-0.1, -0.05) is 20.3 Å². The number of hydrogen-bond acceptors (Lipinski definition) is 7. The lowest BCUT2D eigenvalue weighted by Crippen LogP contribution is -2.17. The minimum atomic E-state index is -0.745. The summed E-state index contributed by atoms with van der Waals surface area (Å²) in [6.07, 6.45) is 1.74. The highest BCUT2D eigenvalue weighted by atomic mass is 16.5. The summed E-state index contributed by atoms with van der Waals surface area (Å²) in [6, 6.07) is 3.24. The number of benzene rings is 1. The Bertz CT molecular complexity index is 1130. The van der Waals surface area contributed by atoms with Crippen LogP contribution in [0.3, 0.4) is 0 Å². The minimum absolute atomic E-state index is 0.0177. The van der Waals surface area contributed by atoms with Crippen molar-refractivity contribution < 1.29 is 19.0 Å². The Balaban J connectivity index is 2.36. The molecule has 160 valence electrons. The zero-order chi connectivity index (χ0) is 22.0. The fraction of sp³-hybridized carbons (Fsp3) is 0.400. The van der Waals surface area contributed by atoms with Crippen LogP contribution in [-0.4, -0.2) is 46.8 Å². The Morgan fingerprint density at radius 1 is 1.17 bits per heavy atom. The maximum atomic E-state index is 12.8. The lowest BCUT2D eigenvalue weighted by atomic mass is 10.1. The molecular weight excluding hydrogens is 390 g/mol. The number of H-pyrrole nitrogens is 1. The maximum absolute atomic E-state index is 12.8. The van der Waals surface area contributed by atoms with E-state index in [2.05, 4.69) is 15.0 Å². The van der Waals surface area contributed by atoms with Crippen LogP contribution in [0, 0.1) is 0 Å². The number of imidazole rings is 1. The number of nitrogens with zero attached hydrogens (tertiary/aromatic N) is 3. The first-order valence-corrected chi connectivity index (χ1v) is 9.49. The van der Waals surface area contributed by atoms with Gasteiger partial charge in [0, 0.05) is 18.1 Å². The molecule has 0 radical (unpaired) electrons. The molecule has 1 amide bonds. The minimum Gasteiger partial charge on any atom is -0.493 e. The molecule has 0 spiro atoms. The van der Waals surface area contributed by atoms with Crippen molar-refractivity contribution in [3.63, 3.8) is 0 Å². The molecule has 10 heteroatoms. The van der Waals surface area contributed by atoms with E-state index in [0.29, 0.717) is 28.8 Å².